The van der Waals surface area contributed by atoms with Crippen molar-refractivity contribution < 1.29 is 5.11 Å². The fraction of sp³-hybridized carbons (Fsp3) is 0.444. The largest absolute Gasteiger partial charge is 0.513 e. The topological polar surface area (TPSA) is 32.6 Å². The van der Waals surface area contributed by atoms with Crippen molar-refractivity contribution in [3.63, 3.8) is 0 Å². The van der Waals surface area contributed by atoms with Gasteiger partial charge in [0, 0.05) is 12.3 Å². The summed E-state index contributed by atoms with van der Waals surface area (Å²) < 4.78 is 0. The van der Waals surface area contributed by atoms with E-state index in [1.54, 1.807) is 0 Å². The average Bonchev–Trinajstić information content (AvgIpc) is 2.03. The lowest BCUT2D eigenvalue weighted by atomic mass is 9.87. The Bertz CT molecular complexity index is 280. The van der Waals surface area contributed by atoms with Crippen molar-refractivity contribution in [2.75, 3.05) is 0 Å². The predicted molar refractivity (Wildman–Crippen MR) is 49.7 cm³/mol. The average molecular weight is 184 g/mol. The molecule has 0 bridgehead atoms. The molecule has 0 spiro atoms. The molecule has 12 heavy (non-hydrogen) atoms. The summed E-state index contributed by atoms with van der Waals surface area (Å²) in [6.45, 7) is 0. The Morgan fingerprint density at radius 2 is 2.42 bits per heavy atom. The Morgan fingerprint density at radius 1 is 1.58 bits per heavy atom. The fourth-order valence-electron chi connectivity index (χ4n) is 1.63. The number of aliphatic hydroxyl groups excluding tert-OH is 1. The van der Waals surface area contributed by atoms with E-state index in [-0.39, 0.29) is 6.04 Å². The molecule has 0 aromatic carbocycles. The van der Waals surface area contributed by atoms with Gasteiger partial charge in [0.15, 0.2) is 0 Å². The molecule has 64 valence electrons. The molecule has 0 saturated carbocycles. The number of halogens is 1. The Kier molecular flexibility index (Phi) is 1.93. The summed E-state index contributed by atoms with van der Waals surface area (Å²) in [5, 5.41) is 9.81. The lowest BCUT2D eigenvalue weighted by Crippen LogP contribution is -2.24. The van der Waals surface area contributed by atoms with Gasteiger partial charge in [-0.1, -0.05) is 17.7 Å². The van der Waals surface area contributed by atoms with Crippen LogP contribution in [0.5, 0.6) is 0 Å². The first-order valence-corrected chi connectivity index (χ1v) is 4.43. The van der Waals surface area contributed by atoms with E-state index in [0.29, 0.717) is 23.3 Å². The molecule has 0 aromatic rings. The van der Waals surface area contributed by atoms with Crippen molar-refractivity contribution in [3.8, 4) is 0 Å². The van der Waals surface area contributed by atoms with E-state index < -0.39 is 0 Å². The first-order valence-electron chi connectivity index (χ1n) is 4.05. The Labute approximate surface area is 76.3 Å². The maximum absolute atomic E-state index is 9.26. The van der Waals surface area contributed by atoms with Gasteiger partial charge in [0.05, 0.1) is 11.8 Å². The van der Waals surface area contributed by atoms with Crippen LogP contribution in [0.4, 0.5) is 0 Å². The van der Waals surface area contributed by atoms with E-state index >= 15 is 0 Å². The molecule has 1 aliphatic heterocycles. The van der Waals surface area contributed by atoms with Crippen LogP contribution in [0.25, 0.3) is 0 Å². The van der Waals surface area contributed by atoms with Gasteiger partial charge in [0.25, 0.3) is 0 Å². The molecule has 2 unspecified atom stereocenters. The highest BCUT2D eigenvalue weighted by Crippen LogP contribution is 2.29. The minimum atomic E-state index is 0.160. The number of allylic oxidation sites excluding steroid dienone is 2. The zero-order valence-corrected chi connectivity index (χ0v) is 7.33. The van der Waals surface area contributed by atoms with E-state index in [0.717, 1.165) is 6.42 Å². The van der Waals surface area contributed by atoms with Crippen molar-refractivity contribution in [3.05, 3.63) is 24.0 Å². The van der Waals surface area contributed by atoms with Gasteiger partial charge in [-0.3, -0.25) is 4.99 Å². The van der Waals surface area contributed by atoms with E-state index in [1.807, 2.05) is 12.2 Å². The molecule has 2 atom stereocenters. The minimum Gasteiger partial charge on any atom is -0.513 e. The normalized spacial score (nSPS) is 33.8. The van der Waals surface area contributed by atoms with Crippen molar-refractivity contribution in [2.24, 2.45) is 10.9 Å². The first kappa shape index (κ1) is 7.87. The summed E-state index contributed by atoms with van der Waals surface area (Å²) in [7, 11) is 0. The molecule has 1 N–H and O–H groups in total. The SMILES string of the molecule is OC1=CCC2C=CC(Cl)=NC2C1. The quantitative estimate of drug-likeness (QED) is 0.615. The van der Waals surface area contributed by atoms with E-state index in [2.05, 4.69) is 11.1 Å². The number of hydrogen-bond donors (Lipinski definition) is 1. The molecular weight excluding hydrogens is 174 g/mol. The first-order chi connectivity index (χ1) is 5.75. The number of hydrogen-bond acceptors (Lipinski definition) is 2. The molecule has 0 amide bonds. The van der Waals surface area contributed by atoms with Gasteiger partial charge in [-0.15, -0.1) is 0 Å². The monoisotopic (exact) mass is 183 g/mol. The third-order valence-electron chi connectivity index (χ3n) is 2.31. The maximum Gasteiger partial charge on any atom is 0.123 e. The summed E-state index contributed by atoms with van der Waals surface area (Å²) in [6, 6.07) is 0.160. The van der Waals surface area contributed by atoms with Crippen LogP contribution in [0, 0.1) is 5.92 Å². The summed E-state index contributed by atoms with van der Waals surface area (Å²) >= 11 is 5.75. The molecule has 0 saturated heterocycles. The third-order valence-corrected chi connectivity index (χ3v) is 2.53. The van der Waals surface area contributed by atoms with Crippen LogP contribution in [0.1, 0.15) is 12.8 Å². The Balaban J connectivity index is 2.21. The van der Waals surface area contributed by atoms with Gasteiger partial charge in [-0.05, 0) is 18.6 Å². The summed E-state index contributed by atoms with van der Waals surface area (Å²) in [6.07, 6.45) is 7.27. The number of aliphatic imine (C=N–C) groups is 1. The number of nitrogens with zero attached hydrogens (tertiary/aromatic N) is 1. The molecule has 0 aromatic heterocycles. The lowest BCUT2D eigenvalue weighted by Gasteiger charge is -2.26. The van der Waals surface area contributed by atoms with Crippen LogP contribution in [0.3, 0.4) is 0 Å². The standard InChI is InChI=1S/C9H10ClNO/c10-9-4-2-6-1-3-7(12)5-8(6)11-9/h2-4,6,8,12H,1,5H2. The molecule has 0 fully saturated rings. The second kappa shape index (κ2) is 2.94. The van der Waals surface area contributed by atoms with Gasteiger partial charge in [-0.2, -0.15) is 0 Å². The number of aliphatic hydroxyl groups is 1. The molecular formula is C9H10ClNO. The van der Waals surface area contributed by atoms with Crippen LogP contribution in [0.15, 0.2) is 29.0 Å². The highest BCUT2D eigenvalue weighted by atomic mass is 35.5. The lowest BCUT2D eigenvalue weighted by molar-refractivity contribution is 0.330. The smallest absolute Gasteiger partial charge is 0.123 e. The van der Waals surface area contributed by atoms with E-state index in [4.69, 9.17) is 11.6 Å². The van der Waals surface area contributed by atoms with E-state index in [1.165, 1.54) is 0 Å². The van der Waals surface area contributed by atoms with Gasteiger partial charge >= 0.3 is 0 Å². The highest BCUT2D eigenvalue weighted by Gasteiger charge is 2.25. The maximum atomic E-state index is 9.26. The molecule has 1 heterocycles. The zero-order valence-electron chi connectivity index (χ0n) is 6.57. The molecule has 2 aliphatic rings. The Hall–Kier alpha value is -0.760. The number of fused-ring (bicyclic) bond motifs is 1. The van der Waals surface area contributed by atoms with Crippen LogP contribution in [0.2, 0.25) is 0 Å². The summed E-state index contributed by atoms with van der Waals surface area (Å²) in [5.74, 6) is 0.878. The van der Waals surface area contributed by atoms with Gasteiger partial charge in [0.2, 0.25) is 0 Å². The fourth-order valence-corrected chi connectivity index (χ4v) is 1.83. The van der Waals surface area contributed by atoms with Crippen LogP contribution < -0.4 is 0 Å². The molecule has 0 radical (unpaired) electrons. The predicted octanol–water partition coefficient (Wildman–Crippen LogP) is 2.41. The van der Waals surface area contributed by atoms with Gasteiger partial charge < -0.3 is 5.11 Å². The molecule has 2 rings (SSSR count). The second-order valence-electron chi connectivity index (χ2n) is 3.18. The van der Waals surface area contributed by atoms with Crippen LogP contribution in [-0.2, 0) is 0 Å². The van der Waals surface area contributed by atoms with Crippen molar-refractivity contribution >= 4 is 16.8 Å². The van der Waals surface area contributed by atoms with Crippen LogP contribution in [-0.4, -0.2) is 16.3 Å². The van der Waals surface area contributed by atoms with Gasteiger partial charge in [-0.25, -0.2) is 0 Å². The summed E-state index contributed by atoms with van der Waals surface area (Å²) in [4.78, 5) is 4.25. The van der Waals surface area contributed by atoms with Crippen molar-refractivity contribution in [2.45, 2.75) is 18.9 Å². The number of rotatable bonds is 0. The number of dihydropyridines is 1. The third kappa shape index (κ3) is 1.39. The minimum absolute atomic E-state index is 0.160. The van der Waals surface area contributed by atoms with Gasteiger partial charge in [0.1, 0.15) is 5.17 Å². The highest BCUT2D eigenvalue weighted by molar-refractivity contribution is 6.68. The van der Waals surface area contributed by atoms with Crippen molar-refractivity contribution in [1.82, 2.24) is 0 Å². The second-order valence-corrected chi connectivity index (χ2v) is 3.56. The Morgan fingerprint density at radius 3 is 3.25 bits per heavy atom. The van der Waals surface area contributed by atoms with Crippen LogP contribution >= 0.6 is 11.6 Å². The van der Waals surface area contributed by atoms with E-state index in [9.17, 15) is 5.11 Å². The summed E-state index contributed by atoms with van der Waals surface area (Å²) in [5.41, 5.74) is 0. The van der Waals surface area contributed by atoms with Crippen molar-refractivity contribution in [1.29, 1.82) is 0 Å². The molecule has 2 nitrogen and oxygen atoms in total. The molecule has 3 heteroatoms. The zero-order chi connectivity index (χ0) is 8.55. The molecule has 1 aliphatic carbocycles.